The minimum atomic E-state index is 0.0791. The van der Waals surface area contributed by atoms with Crippen LogP contribution in [0.4, 0.5) is 5.69 Å². The van der Waals surface area contributed by atoms with Crippen molar-refractivity contribution in [2.24, 2.45) is 5.92 Å². The van der Waals surface area contributed by atoms with Gasteiger partial charge >= 0.3 is 0 Å². The summed E-state index contributed by atoms with van der Waals surface area (Å²) < 4.78 is 5.46. The number of hydrogen-bond donors (Lipinski definition) is 1. The van der Waals surface area contributed by atoms with E-state index in [1.54, 1.807) is 6.08 Å². The van der Waals surface area contributed by atoms with Crippen molar-refractivity contribution in [3.8, 4) is 5.75 Å². The van der Waals surface area contributed by atoms with E-state index in [0.29, 0.717) is 6.61 Å². The van der Waals surface area contributed by atoms with Crippen LogP contribution in [-0.4, -0.2) is 30.5 Å². The lowest BCUT2D eigenvalue weighted by Crippen LogP contribution is -2.37. The smallest absolute Gasteiger partial charge is 0.227 e. The Balaban J connectivity index is 1.46. The van der Waals surface area contributed by atoms with Crippen molar-refractivity contribution in [1.29, 1.82) is 0 Å². The number of hydrogen-bond acceptors (Lipinski definition) is 3. The van der Waals surface area contributed by atoms with Gasteiger partial charge in [0.25, 0.3) is 0 Å². The first-order valence-corrected chi connectivity index (χ1v) is 9.56. The van der Waals surface area contributed by atoms with Crippen molar-refractivity contribution in [2.45, 2.75) is 26.3 Å². The summed E-state index contributed by atoms with van der Waals surface area (Å²) in [6.07, 6.45) is 3.51. The first-order chi connectivity index (χ1) is 13.1. The van der Waals surface area contributed by atoms with E-state index in [2.05, 4.69) is 48.0 Å². The lowest BCUT2D eigenvalue weighted by Gasteiger charge is -2.31. The maximum Gasteiger partial charge on any atom is 0.227 e. The number of likely N-dealkylation sites (tertiary alicyclic amines) is 1. The lowest BCUT2D eigenvalue weighted by molar-refractivity contribution is -0.121. The number of carbonyl (C=O) groups is 1. The van der Waals surface area contributed by atoms with Crippen molar-refractivity contribution in [1.82, 2.24) is 4.90 Å². The van der Waals surface area contributed by atoms with Crippen LogP contribution in [0.1, 0.15) is 24.0 Å². The molecule has 0 unspecified atom stereocenters. The Bertz CT molecular complexity index is 762. The van der Waals surface area contributed by atoms with Crippen molar-refractivity contribution in [3.63, 3.8) is 0 Å². The Morgan fingerprint density at radius 3 is 2.63 bits per heavy atom. The molecular formula is C23H28N2O2. The summed E-state index contributed by atoms with van der Waals surface area (Å²) in [5.74, 6) is 0.970. The molecule has 1 heterocycles. The van der Waals surface area contributed by atoms with Gasteiger partial charge in [0, 0.05) is 18.2 Å². The standard InChI is InChI=1S/C23H28N2O2/c1-3-15-27-22-9-7-21(8-10-22)24-23(26)20-11-13-25(14-12-20)17-19-6-4-5-18(2)16-19/h3-10,16,20H,1,11-15,17H2,2H3,(H,24,26). The molecule has 1 saturated heterocycles. The molecule has 0 saturated carbocycles. The van der Waals surface area contributed by atoms with E-state index < -0.39 is 0 Å². The number of anilines is 1. The first kappa shape index (κ1) is 19.2. The van der Waals surface area contributed by atoms with Crippen molar-refractivity contribution >= 4 is 11.6 Å². The summed E-state index contributed by atoms with van der Waals surface area (Å²) in [6, 6.07) is 16.1. The highest BCUT2D eigenvalue weighted by molar-refractivity contribution is 5.92. The van der Waals surface area contributed by atoms with Crippen LogP contribution in [-0.2, 0) is 11.3 Å². The van der Waals surface area contributed by atoms with Crippen LogP contribution in [0.15, 0.2) is 61.2 Å². The number of piperidine rings is 1. The molecule has 0 atom stereocenters. The number of amides is 1. The maximum atomic E-state index is 12.6. The lowest BCUT2D eigenvalue weighted by atomic mass is 9.95. The summed E-state index contributed by atoms with van der Waals surface area (Å²) in [6.45, 7) is 9.11. The highest BCUT2D eigenvalue weighted by atomic mass is 16.5. The van der Waals surface area contributed by atoms with Gasteiger partial charge in [-0.1, -0.05) is 42.5 Å². The van der Waals surface area contributed by atoms with Crippen molar-refractivity contribution < 1.29 is 9.53 Å². The fraction of sp³-hybridized carbons (Fsp3) is 0.348. The third kappa shape index (κ3) is 5.69. The molecule has 2 aromatic carbocycles. The second-order valence-corrected chi connectivity index (χ2v) is 7.15. The summed E-state index contributed by atoms with van der Waals surface area (Å²) in [4.78, 5) is 15.0. The maximum absolute atomic E-state index is 12.6. The predicted octanol–water partition coefficient (Wildman–Crippen LogP) is 4.41. The molecule has 1 N–H and O–H groups in total. The fourth-order valence-corrected chi connectivity index (χ4v) is 3.46. The van der Waals surface area contributed by atoms with Crippen molar-refractivity contribution in [3.05, 3.63) is 72.3 Å². The zero-order valence-corrected chi connectivity index (χ0v) is 16.0. The molecule has 1 aliphatic rings. The van der Waals surface area contributed by atoms with Crippen molar-refractivity contribution in [2.75, 3.05) is 25.0 Å². The van der Waals surface area contributed by atoms with E-state index in [1.165, 1.54) is 11.1 Å². The topological polar surface area (TPSA) is 41.6 Å². The number of rotatable bonds is 7. The molecule has 4 heteroatoms. The van der Waals surface area contributed by atoms with Gasteiger partial charge in [0.05, 0.1) is 0 Å². The normalized spacial score (nSPS) is 15.3. The van der Waals surface area contributed by atoms with Gasteiger partial charge in [-0.15, -0.1) is 0 Å². The highest BCUT2D eigenvalue weighted by Crippen LogP contribution is 2.22. The average Bonchev–Trinajstić information content (AvgIpc) is 2.68. The fourth-order valence-electron chi connectivity index (χ4n) is 3.46. The van der Waals surface area contributed by atoms with Gasteiger partial charge in [-0.3, -0.25) is 9.69 Å². The van der Waals surface area contributed by atoms with Gasteiger partial charge in [0.15, 0.2) is 0 Å². The Hall–Kier alpha value is -2.59. The molecule has 4 nitrogen and oxygen atoms in total. The van der Waals surface area contributed by atoms with Crippen LogP contribution >= 0.6 is 0 Å². The summed E-state index contributed by atoms with van der Waals surface area (Å²) >= 11 is 0. The Morgan fingerprint density at radius 1 is 1.22 bits per heavy atom. The molecule has 0 aromatic heterocycles. The number of benzene rings is 2. The van der Waals surface area contributed by atoms with E-state index in [-0.39, 0.29) is 11.8 Å². The summed E-state index contributed by atoms with van der Waals surface area (Å²) in [5.41, 5.74) is 3.45. The second-order valence-electron chi connectivity index (χ2n) is 7.15. The van der Waals surface area contributed by atoms with Crippen LogP contribution in [0.5, 0.6) is 5.75 Å². The molecule has 1 amide bonds. The molecule has 0 bridgehead atoms. The van der Waals surface area contributed by atoms with E-state index in [0.717, 1.165) is 43.9 Å². The number of carbonyl (C=O) groups excluding carboxylic acids is 1. The van der Waals surface area contributed by atoms with E-state index >= 15 is 0 Å². The van der Waals surface area contributed by atoms with E-state index in [9.17, 15) is 4.79 Å². The molecular weight excluding hydrogens is 336 g/mol. The van der Waals surface area contributed by atoms with E-state index in [1.807, 2.05) is 24.3 Å². The van der Waals surface area contributed by atoms with Crippen LogP contribution < -0.4 is 10.1 Å². The molecule has 0 radical (unpaired) electrons. The van der Waals surface area contributed by atoms with Crippen LogP contribution in [0.2, 0.25) is 0 Å². The molecule has 3 rings (SSSR count). The number of nitrogens with one attached hydrogen (secondary N) is 1. The van der Waals surface area contributed by atoms with Crippen LogP contribution in [0.3, 0.4) is 0 Å². The number of ether oxygens (including phenoxy) is 1. The summed E-state index contributed by atoms with van der Waals surface area (Å²) in [7, 11) is 0. The summed E-state index contributed by atoms with van der Waals surface area (Å²) in [5, 5.41) is 3.03. The predicted molar refractivity (Wildman–Crippen MR) is 110 cm³/mol. The molecule has 1 fully saturated rings. The quantitative estimate of drug-likeness (QED) is 0.740. The largest absolute Gasteiger partial charge is 0.490 e. The van der Waals surface area contributed by atoms with Crippen LogP contribution in [0, 0.1) is 12.8 Å². The van der Waals surface area contributed by atoms with Gasteiger partial charge in [-0.25, -0.2) is 0 Å². The molecule has 142 valence electrons. The monoisotopic (exact) mass is 364 g/mol. The van der Waals surface area contributed by atoms with E-state index in [4.69, 9.17) is 4.74 Å². The minimum Gasteiger partial charge on any atom is -0.490 e. The Kier molecular flexibility index (Phi) is 6.66. The molecule has 1 aliphatic heterocycles. The molecule has 0 spiro atoms. The number of aryl methyl sites for hydroxylation is 1. The minimum absolute atomic E-state index is 0.0791. The van der Waals surface area contributed by atoms with Gasteiger partial charge in [-0.2, -0.15) is 0 Å². The average molecular weight is 364 g/mol. The zero-order chi connectivity index (χ0) is 19.1. The molecule has 2 aromatic rings. The van der Waals surface area contributed by atoms with Gasteiger partial charge in [0.1, 0.15) is 12.4 Å². The van der Waals surface area contributed by atoms with Crippen LogP contribution in [0.25, 0.3) is 0 Å². The van der Waals surface area contributed by atoms with Gasteiger partial charge < -0.3 is 10.1 Å². The Morgan fingerprint density at radius 2 is 1.96 bits per heavy atom. The van der Waals surface area contributed by atoms with Gasteiger partial charge in [-0.05, 0) is 62.7 Å². The molecule has 0 aliphatic carbocycles. The SMILES string of the molecule is C=CCOc1ccc(NC(=O)C2CCN(Cc3cccc(C)c3)CC2)cc1. The molecule has 27 heavy (non-hydrogen) atoms. The first-order valence-electron chi connectivity index (χ1n) is 9.56. The third-order valence-corrected chi connectivity index (χ3v) is 4.94. The zero-order valence-electron chi connectivity index (χ0n) is 16.0. The third-order valence-electron chi connectivity index (χ3n) is 4.94. The number of nitrogens with zero attached hydrogens (tertiary/aromatic N) is 1. The highest BCUT2D eigenvalue weighted by Gasteiger charge is 2.25. The Labute approximate surface area is 161 Å². The second kappa shape index (κ2) is 9.38. The van der Waals surface area contributed by atoms with Gasteiger partial charge in [0.2, 0.25) is 5.91 Å².